The lowest BCUT2D eigenvalue weighted by molar-refractivity contribution is -0.137. The van der Waals surface area contributed by atoms with Gasteiger partial charge in [-0.25, -0.2) is 0 Å². The molecule has 0 aromatic rings. The molecule has 4 atom stereocenters. The quantitative estimate of drug-likeness (QED) is 0.370. The van der Waals surface area contributed by atoms with E-state index in [1.54, 1.807) is 12.2 Å². The lowest BCUT2D eigenvalue weighted by atomic mass is 9.89. The van der Waals surface area contributed by atoms with Gasteiger partial charge in [-0.3, -0.25) is 9.59 Å². The van der Waals surface area contributed by atoms with Crippen LogP contribution in [0.15, 0.2) is 24.3 Å². The van der Waals surface area contributed by atoms with Gasteiger partial charge in [0.05, 0.1) is 12.2 Å². The van der Waals surface area contributed by atoms with Crippen molar-refractivity contribution in [3.8, 4) is 0 Å². The number of carbonyl (C=O) groups is 2. The van der Waals surface area contributed by atoms with Gasteiger partial charge in [-0.2, -0.15) is 0 Å². The summed E-state index contributed by atoms with van der Waals surface area (Å²) in [5, 5.41) is 28.8. The van der Waals surface area contributed by atoms with Crippen molar-refractivity contribution in [2.24, 2.45) is 11.8 Å². The minimum absolute atomic E-state index is 0.0159. The first-order valence-electron chi connectivity index (χ1n) is 9.39. The van der Waals surface area contributed by atoms with Crippen molar-refractivity contribution in [1.82, 2.24) is 0 Å². The number of carbonyl (C=O) groups excluding carboxylic acids is 1. The maximum atomic E-state index is 12.0. The SMILES string of the molecule is CCCCC/C=C\C[C@H](O)/C=C/[C@H]1[C@H](O)CC(=O)[C@@H]1CCCC(=O)O. The first-order valence-corrected chi connectivity index (χ1v) is 9.39. The van der Waals surface area contributed by atoms with Crippen molar-refractivity contribution in [3.05, 3.63) is 24.3 Å². The Hall–Kier alpha value is -1.46. The highest BCUT2D eigenvalue weighted by Gasteiger charge is 2.39. The Bertz CT molecular complexity index is 469. The zero-order valence-electron chi connectivity index (χ0n) is 15.1. The first-order chi connectivity index (χ1) is 12.0. The molecule has 0 aromatic heterocycles. The van der Waals surface area contributed by atoms with Gasteiger partial charge in [-0.1, -0.05) is 44.1 Å². The summed E-state index contributed by atoms with van der Waals surface area (Å²) in [6.07, 6.45) is 12.2. The van der Waals surface area contributed by atoms with Crippen molar-refractivity contribution >= 4 is 11.8 Å². The molecule has 5 heteroatoms. The van der Waals surface area contributed by atoms with E-state index in [0.717, 1.165) is 12.8 Å². The molecule has 0 radical (unpaired) electrons. The summed E-state index contributed by atoms with van der Waals surface area (Å²) in [6, 6.07) is 0. The Morgan fingerprint density at radius 1 is 1.28 bits per heavy atom. The van der Waals surface area contributed by atoms with Crippen LogP contribution in [-0.4, -0.2) is 39.3 Å². The van der Waals surface area contributed by atoms with Gasteiger partial charge in [0, 0.05) is 24.7 Å². The van der Waals surface area contributed by atoms with Gasteiger partial charge in [0.25, 0.3) is 0 Å². The summed E-state index contributed by atoms with van der Waals surface area (Å²) >= 11 is 0. The highest BCUT2D eigenvalue weighted by molar-refractivity contribution is 5.84. The molecule has 0 saturated heterocycles. The van der Waals surface area contributed by atoms with Gasteiger partial charge in [-0.05, 0) is 32.1 Å². The highest BCUT2D eigenvalue weighted by Crippen LogP contribution is 2.34. The molecule has 142 valence electrons. The molecular formula is C20H32O5. The fraction of sp³-hybridized carbons (Fsp3) is 0.700. The number of allylic oxidation sites excluding steroid dienone is 1. The molecule has 3 N–H and O–H groups in total. The van der Waals surface area contributed by atoms with Crippen LogP contribution in [0.3, 0.4) is 0 Å². The first kappa shape index (κ1) is 21.6. The van der Waals surface area contributed by atoms with Crippen molar-refractivity contribution in [3.63, 3.8) is 0 Å². The molecule has 5 nitrogen and oxygen atoms in total. The topological polar surface area (TPSA) is 94.8 Å². The third kappa shape index (κ3) is 8.45. The Kier molecular flexibility index (Phi) is 10.3. The van der Waals surface area contributed by atoms with E-state index in [1.165, 1.54) is 12.8 Å². The highest BCUT2D eigenvalue weighted by atomic mass is 16.4. The monoisotopic (exact) mass is 352 g/mol. The maximum Gasteiger partial charge on any atom is 0.303 e. The zero-order valence-corrected chi connectivity index (χ0v) is 15.1. The van der Waals surface area contributed by atoms with E-state index in [9.17, 15) is 19.8 Å². The van der Waals surface area contributed by atoms with Crippen molar-refractivity contribution in [1.29, 1.82) is 0 Å². The molecule has 1 rings (SSSR count). The number of ketones is 1. The zero-order chi connectivity index (χ0) is 18.7. The Morgan fingerprint density at radius 2 is 2.04 bits per heavy atom. The second-order valence-corrected chi connectivity index (χ2v) is 6.86. The minimum atomic E-state index is -0.876. The lowest BCUT2D eigenvalue weighted by Crippen LogP contribution is -2.19. The van der Waals surface area contributed by atoms with Gasteiger partial charge in [0.15, 0.2) is 0 Å². The van der Waals surface area contributed by atoms with Crippen molar-refractivity contribution < 1.29 is 24.9 Å². The van der Waals surface area contributed by atoms with Gasteiger partial charge >= 0.3 is 5.97 Å². The second kappa shape index (κ2) is 12.0. The molecule has 25 heavy (non-hydrogen) atoms. The second-order valence-electron chi connectivity index (χ2n) is 6.86. The van der Waals surface area contributed by atoms with Crippen LogP contribution < -0.4 is 0 Å². The van der Waals surface area contributed by atoms with Gasteiger partial charge in [0.1, 0.15) is 5.78 Å². The Morgan fingerprint density at radius 3 is 2.72 bits per heavy atom. The maximum absolute atomic E-state index is 12.0. The number of Topliss-reactive ketones (excluding diaryl/α,β-unsaturated/α-hetero) is 1. The number of aliphatic hydroxyl groups excluding tert-OH is 2. The molecule has 0 aromatic carbocycles. The number of aliphatic carboxylic acids is 1. The predicted octanol–water partition coefficient (Wildman–Crippen LogP) is 3.25. The molecule has 0 aliphatic heterocycles. The molecule has 0 heterocycles. The van der Waals surface area contributed by atoms with E-state index in [2.05, 4.69) is 13.0 Å². The van der Waals surface area contributed by atoms with Crippen LogP contribution in [0.1, 0.15) is 64.7 Å². The van der Waals surface area contributed by atoms with Crippen molar-refractivity contribution in [2.75, 3.05) is 0 Å². The molecule has 1 aliphatic rings. The molecule has 0 spiro atoms. The molecule has 1 aliphatic carbocycles. The molecule has 0 bridgehead atoms. The third-order valence-electron chi connectivity index (χ3n) is 4.71. The number of hydrogen-bond acceptors (Lipinski definition) is 4. The largest absolute Gasteiger partial charge is 0.481 e. The van der Waals surface area contributed by atoms with Crippen LogP contribution in [0.5, 0.6) is 0 Å². The van der Waals surface area contributed by atoms with E-state index >= 15 is 0 Å². The number of aliphatic hydroxyl groups is 2. The van der Waals surface area contributed by atoms with Gasteiger partial charge in [-0.15, -0.1) is 0 Å². The fourth-order valence-corrected chi connectivity index (χ4v) is 3.27. The standard InChI is InChI=1S/C20H32O5/c1-2-3-4-5-6-7-9-15(21)12-13-17-16(10-8-11-20(24)25)18(22)14-19(17)23/h6-7,12-13,15-17,19,21,23H,2-5,8-11,14H2,1H3,(H,24,25)/b7-6-,13-12+/t15-,16+,17+,19+/m0/s1. The summed E-state index contributed by atoms with van der Waals surface area (Å²) in [4.78, 5) is 22.6. The molecule has 0 amide bonds. The molecular weight excluding hydrogens is 320 g/mol. The number of unbranched alkanes of at least 4 members (excludes halogenated alkanes) is 3. The van der Waals surface area contributed by atoms with E-state index in [4.69, 9.17) is 5.11 Å². The number of rotatable bonds is 12. The van der Waals surface area contributed by atoms with Crippen LogP contribution in [0.2, 0.25) is 0 Å². The van der Waals surface area contributed by atoms with E-state index in [0.29, 0.717) is 19.3 Å². The molecule has 1 saturated carbocycles. The summed E-state index contributed by atoms with van der Waals surface area (Å²) in [5.74, 6) is -1.57. The summed E-state index contributed by atoms with van der Waals surface area (Å²) in [6.45, 7) is 2.16. The summed E-state index contributed by atoms with van der Waals surface area (Å²) in [7, 11) is 0. The van der Waals surface area contributed by atoms with Crippen LogP contribution in [0, 0.1) is 11.8 Å². The number of hydrogen-bond donors (Lipinski definition) is 3. The summed E-state index contributed by atoms with van der Waals surface area (Å²) in [5.41, 5.74) is 0. The van der Waals surface area contributed by atoms with Crippen LogP contribution in [-0.2, 0) is 9.59 Å². The third-order valence-corrected chi connectivity index (χ3v) is 4.71. The van der Waals surface area contributed by atoms with Gasteiger partial charge in [0.2, 0.25) is 0 Å². The summed E-state index contributed by atoms with van der Waals surface area (Å²) < 4.78 is 0. The Balaban J connectivity index is 2.45. The number of carboxylic acids is 1. The van der Waals surface area contributed by atoms with Crippen LogP contribution in [0.4, 0.5) is 0 Å². The average molecular weight is 352 g/mol. The molecule has 1 fully saturated rings. The minimum Gasteiger partial charge on any atom is -0.481 e. The Labute approximate surface area is 150 Å². The predicted molar refractivity (Wildman–Crippen MR) is 97.1 cm³/mol. The van der Waals surface area contributed by atoms with Crippen LogP contribution >= 0.6 is 0 Å². The lowest BCUT2D eigenvalue weighted by Gasteiger charge is -2.17. The van der Waals surface area contributed by atoms with E-state index < -0.39 is 18.2 Å². The van der Waals surface area contributed by atoms with Gasteiger partial charge < -0.3 is 15.3 Å². The normalized spacial score (nSPS) is 25.2. The fourth-order valence-electron chi connectivity index (χ4n) is 3.27. The van der Waals surface area contributed by atoms with E-state index in [-0.39, 0.29) is 30.5 Å². The number of carboxylic acid groups (broad SMARTS) is 1. The smallest absolute Gasteiger partial charge is 0.303 e. The van der Waals surface area contributed by atoms with E-state index in [1.807, 2.05) is 6.08 Å². The van der Waals surface area contributed by atoms with Crippen LogP contribution in [0.25, 0.3) is 0 Å². The molecule has 0 unspecified atom stereocenters. The van der Waals surface area contributed by atoms with Crippen molar-refractivity contribution in [2.45, 2.75) is 76.9 Å². The average Bonchev–Trinajstić information content (AvgIpc) is 2.82.